The van der Waals surface area contributed by atoms with E-state index in [1.165, 1.54) is 5.56 Å². The molecule has 0 aromatic heterocycles. The van der Waals surface area contributed by atoms with E-state index in [0.717, 1.165) is 13.0 Å². The Bertz CT molecular complexity index is 360. The lowest BCUT2D eigenvalue weighted by Gasteiger charge is -2.11. The fraction of sp³-hybridized carbons (Fsp3) is 0.364. The molecule has 1 saturated heterocycles. The van der Waals surface area contributed by atoms with Crippen LogP contribution in [0.1, 0.15) is 12.0 Å². The molecule has 1 N–H and O–H groups in total. The van der Waals surface area contributed by atoms with Gasteiger partial charge < -0.3 is 4.74 Å². The predicted molar refractivity (Wildman–Crippen MR) is 49.9 cm³/mol. The van der Waals surface area contributed by atoms with Crippen molar-refractivity contribution in [3.05, 3.63) is 35.9 Å². The maximum atomic E-state index is 7.76. The summed E-state index contributed by atoms with van der Waals surface area (Å²) in [5.41, 5.74) is 1.23. The highest BCUT2D eigenvalue weighted by atomic mass is 16.5. The molecule has 2 heteroatoms. The second-order valence-electron chi connectivity index (χ2n) is 3.88. The number of nitrogens with one attached hydrogen (secondary N) is 1. The first-order valence-corrected chi connectivity index (χ1v) is 4.61. The molecule has 2 nitrogen and oxygen atoms in total. The van der Waals surface area contributed by atoms with E-state index >= 15 is 0 Å². The maximum absolute atomic E-state index is 7.76. The zero-order valence-corrected chi connectivity index (χ0v) is 7.29. The molecule has 1 heterocycles. The lowest BCUT2D eigenvalue weighted by atomic mass is 9.94. The molecule has 0 amide bonds. The fourth-order valence-electron chi connectivity index (χ4n) is 2.34. The zero-order valence-electron chi connectivity index (χ0n) is 7.29. The lowest BCUT2D eigenvalue weighted by Crippen LogP contribution is -2.17. The molecule has 0 spiro atoms. The van der Waals surface area contributed by atoms with Gasteiger partial charge in [0.1, 0.15) is 0 Å². The highest BCUT2D eigenvalue weighted by Gasteiger charge is 2.64. The maximum Gasteiger partial charge on any atom is 0.191 e. The average Bonchev–Trinajstić information content (AvgIpc) is 2.84. The summed E-state index contributed by atoms with van der Waals surface area (Å²) < 4.78 is 5.26. The lowest BCUT2D eigenvalue weighted by molar-refractivity contribution is 0.310. The molecule has 0 radical (unpaired) electrons. The molecule has 1 aromatic rings. The zero-order chi connectivity index (χ0) is 8.89. The van der Waals surface area contributed by atoms with E-state index in [2.05, 4.69) is 12.1 Å². The Morgan fingerprint density at radius 2 is 2.08 bits per heavy atom. The Balaban J connectivity index is 2.07. The number of hydrogen-bond donors (Lipinski definition) is 1. The molecule has 1 aliphatic heterocycles. The van der Waals surface area contributed by atoms with Gasteiger partial charge in [-0.2, -0.15) is 0 Å². The van der Waals surface area contributed by atoms with E-state index in [4.69, 9.17) is 10.1 Å². The molecular formula is C11H11NO. The van der Waals surface area contributed by atoms with Gasteiger partial charge in [-0.1, -0.05) is 30.3 Å². The van der Waals surface area contributed by atoms with Crippen molar-refractivity contribution in [2.75, 3.05) is 6.61 Å². The smallest absolute Gasteiger partial charge is 0.191 e. The second kappa shape index (κ2) is 2.13. The second-order valence-corrected chi connectivity index (χ2v) is 3.88. The number of ether oxygens (including phenoxy) is 1. The van der Waals surface area contributed by atoms with Crippen LogP contribution in [-0.4, -0.2) is 12.5 Å². The van der Waals surface area contributed by atoms with Crippen molar-refractivity contribution >= 4 is 5.90 Å². The Kier molecular flexibility index (Phi) is 1.17. The topological polar surface area (TPSA) is 33.1 Å². The molecular weight excluding hydrogens is 162 g/mol. The molecule has 1 aliphatic carbocycles. The number of rotatable bonds is 1. The summed E-state index contributed by atoms with van der Waals surface area (Å²) in [5, 5.41) is 7.76. The third kappa shape index (κ3) is 0.755. The molecule has 66 valence electrons. The van der Waals surface area contributed by atoms with E-state index in [-0.39, 0.29) is 5.41 Å². The Hall–Kier alpha value is -1.31. The van der Waals surface area contributed by atoms with Gasteiger partial charge in [-0.3, -0.25) is 5.41 Å². The van der Waals surface area contributed by atoms with Crippen LogP contribution in [0.25, 0.3) is 0 Å². The third-order valence-corrected chi connectivity index (χ3v) is 3.23. The first-order valence-electron chi connectivity index (χ1n) is 4.61. The van der Waals surface area contributed by atoms with Crippen LogP contribution in [0.3, 0.4) is 0 Å². The van der Waals surface area contributed by atoms with Crippen LogP contribution in [0.15, 0.2) is 30.3 Å². The van der Waals surface area contributed by atoms with Crippen LogP contribution in [0.5, 0.6) is 0 Å². The van der Waals surface area contributed by atoms with Crippen molar-refractivity contribution in [1.29, 1.82) is 5.41 Å². The van der Waals surface area contributed by atoms with Crippen LogP contribution < -0.4 is 0 Å². The van der Waals surface area contributed by atoms with Gasteiger partial charge in [-0.05, 0) is 12.0 Å². The van der Waals surface area contributed by atoms with Gasteiger partial charge in [-0.25, -0.2) is 0 Å². The van der Waals surface area contributed by atoms with E-state index in [0.29, 0.717) is 11.8 Å². The minimum absolute atomic E-state index is 0.0265. The summed E-state index contributed by atoms with van der Waals surface area (Å²) in [6.45, 7) is 0.744. The van der Waals surface area contributed by atoms with Crippen LogP contribution in [0, 0.1) is 11.3 Å². The quantitative estimate of drug-likeness (QED) is 0.691. The van der Waals surface area contributed by atoms with Crippen LogP contribution >= 0.6 is 0 Å². The third-order valence-electron chi connectivity index (χ3n) is 3.23. The van der Waals surface area contributed by atoms with Crippen molar-refractivity contribution in [2.24, 2.45) is 5.92 Å². The number of fused-ring (bicyclic) bond motifs is 1. The average molecular weight is 173 g/mol. The van der Waals surface area contributed by atoms with Crippen LogP contribution in [-0.2, 0) is 10.2 Å². The predicted octanol–water partition coefficient (Wildman–Crippen LogP) is 1.95. The van der Waals surface area contributed by atoms with E-state index in [9.17, 15) is 0 Å². The van der Waals surface area contributed by atoms with Gasteiger partial charge in [0.15, 0.2) is 5.90 Å². The summed E-state index contributed by atoms with van der Waals surface area (Å²) in [6.07, 6.45) is 1.11. The molecule has 1 aromatic carbocycles. The number of hydrogen-bond acceptors (Lipinski definition) is 2. The fourth-order valence-corrected chi connectivity index (χ4v) is 2.34. The van der Waals surface area contributed by atoms with Gasteiger partial charge in [0.25, 0.3) is 0 Å². The van der Waals surface area contributed by atoms with Gasteiger partial charge in [0.2, 0.25) is 0 Å². The summed E-state index contributed by atoms with van der Waals surface area (Å²) in [4.78, 5) is 0. The molecule has 13 heavy (non-hydrogen) atoms. The molecule has 2 fully saturated rings. The standard InChI is InChI=1S/C11H11NO/c12-10-11(6-9(11)7-13-10)8-4-2-1-3-5-8/h1-5,9,12H,6-7H2. The van der Waals surface area contributed by atoms with Crippen molar-refractivity contribution in [3.8, 4) is 0 Å². The molecule has 1 saturated carbocycles. The largest absolute Gasteiger partial charge is 0.480 e. The Morgan fingerprint density at radius 3 is 2.62 bits per heavy atom. The van der Waals surface area contributed by atoms with Gasteiger partial charge >= 0.3 is 0 Å². The molecule has 2 aliphatic rings. The molecule has 0 bridgehead atoms. The molecule has 2 atom stereocenters. The summed E-state index contributed by atoms with van der Waals surface area (Å²) in [6, 6.07) is 10.3. The van der Waals surface area contributed by atoms with Gasteiger partial charge in [0, 0.05) is 5.92 Å². The monoisotopic (exact) mass is 173 g/mol. The minimum atomic E-state index is -0.0265. The van der Waals surface area contributed by atoms with Crippen molar-refractivity contribution < 1.29 is 4.74 Å². The van der Waals surface area contributed by atoms with E-state index in [1.54, 1.807) is 0 Å². The minimum Gasteiger partial charge on any atom is -0.480 e. The van der Waals surface area contributed by atoms with Crippen molar-refractivity contribution in [2.45, 2.75) is 11.8 Å². The van der Waals surface area contributed by atoms with E-state index < -0.39 is 0 Å². The van der Waals surface area contributed by atoms with Crippen LogP contribution in [0.4, 0.5) is 0 Å². The molecule has 2 unspecified atom stereocenters. The summed E-state index contributed by atoms with van der Waals surface area (Å²) in [7, 11) is 0. The molecule has 3 rings (SSSR count). The van der Waals surface area contributed by atoms with Crippen molar-refractivity contribution in [3.63, 3.8) is 0 Å². The van der Waals surface area contributed by atoms with Gasteiger partial charge in [-0.15, -0.1) is 0 Å². The Labute approximate surface area is 77.0 Å². The van der Waals surface area contributed by atoms with Gasteiger partial charge in [0.05, 0.1) is 12.0 Å². The van der Waals surface area contributed by atoms with E-state index in [1.807, 2.05) is 18.2 Å². The Morgan fingerprint density at radius 1 is 1.31 bits per heavy atom. The normalized spacial score (nSPS) is 35.4. The summed E-state index contributed by atoms with van der Waals surface area (Å²) in [5.74, 6) is 1.05. The van der Waals surface area contributed by atoms with Crippen molar-refractivity contribution in [1.82, 2.24) is 0 Å². The SMILES string of the molecule is N=C1OCC2CC12c1ccccc1. The first-order chi connectivity index (χ1) is 6.34. The highest BCUT2D eigenvalue weighted by Crippen LogP contribution is 2.58. The first kappa shape index (κ1) is 7.13. The number of benzene rings is 1. The highest BCUT2D eigenvalue weighted by molar-refractivity contribution is 5.91. The van der Waals surface area contributed by atoms with Crippen LogP contribution in [0.2, 0.25) is 0 Å². The summed E-state index contributed by atoms with van der Waals surface area (Å²) >= 11 is 0.